The number of rotatable bonds is 7. The molecule has 1 heterocycles. The highest BCUT2D eigenvalue weighted by Crippen LogP contribution is 2.29. The van der Waals surface area contributed by atoms with Gasteiger partial charge >= 0.3 is 0 Å². The van der Waals surface area contributed by atoms with Gasteiger partial charge in [-0.25, -0.2) is 0 Å². The van der Waals surface area contributed by atoms with E-state index in [-0.39, 0.29) is 0 Å². The van der Waals surface area contributed by atoms with E-state index in [0.717, 1.165) is 58.8 Å². The first-order chi connectivity index (χ1) is 10.2. The van der Waals surface area contributed by atoms with E-state index >= 15 is 0 Å². The maximum atomic E-state index is 10.7. The van der Waals surface area contributed by atoms with Crippen LogP contribution in [0.3, 0.4) is 0 Å². The monoisotopic (exact) mass is 298 g/mol. The molecule has 0 spiro atoms. The summed E-state index contributed by atoms with van der Waals surface area (Å²) in [5, 5.41) is 10.7. The van der Waals surface area contributed by atoms with E-state index in [1.54, 1.807) is 0 Å². The van der Waals surface area contributed by atoms with Crippen molar-refractivity contribution in [3.05, 3.63) is 0 Å². The molecular formula is C17H34N2O2. The number of aliphatic hydroxyl groups is 1. The minimum Gasteiger partial charge on any atom is -0.389 e. The molecule has 0 amide bonds. The van der Waals surface area contributed by atoms with Crippen LogP contribution in [0.15, 0.2) is 0 Å². The topological polar surface area (TPSA) is 35.9 Å². The van der Waals surface area contributed by atoms with Gasteiger partial charge in [0, 0.05) is 45.4 Å². The molecule has 1 atom stereocenters. The highest BCUT2D eigenvalue weighted by molar-refractivity contribution is 4.89. The predicted octanol–water partition coefficient (Wildman–Crippen LogP) is 2.11. The molecule has 2 rings (SSSR count). The van der Waals surface area contributed by atoms with Gasteiger partial charge in [-0.15, -0.1) is 0 Å². The summed E-state index contributed by atoms with van der Waals surface area (Å²) >= 11 is 0. The number of hydrogen-bond donors (Lipinski definition) is 1. The predicted molar refractivity (Wildman–Crippen MR) is 86.6 cm³/mol. The van der Waals surface area contributed by atoms with Crippen LogP contribution in [-0.4, -0.2) is 72.5 Å². The van der Waals surface area contributed by atoms with Crippen LogP contribution < -0.4 is 0 Å². The van der Waals surface area contributed by atoms with Gasteiger partial charge in [-0.2, -0.15) is 0 Å². The zero-order valence-electron chi connectivity index (χ0n) is 14.0. The van der Waals surface area contributed by atoms with Crippen molar-refractivity contribution in [2.45, 2.75) is 64.0 Å². The average molecular weight is 298 g/mol. The van der Waals surface area contributed by atoms with Crippen LogP contribution in [-0.2, 0) is 4.74 Å². The Morgan fingerprint density at radius 1 is 1.14 bits per heavy atom. The van der Waals surface area contributed by atoms with E-state index < -0.39 is 5.60 Å². The fourth-order valence-electron chi connectivity index (χ4n) is 3.89. The molecule has 4 heteroatoms. The van der Waals surface area contributed by atoms with E-state index in [1.807, 2.05) is 0 Å². The fraction of sp³-hybridized carbons (Fsp3) is 1.00. The SMILES string of the molecule is CCOCCN1CCN(CC2(O)CCCCC2)C[C@@H]1CC. The van der Waals surface area contributed by atoms with Gasteiger partial charge < -0.3 is 9.84 Å². The first-order valence-electron chi connectivity index (χ1n) is 8.93. The minimum atomic E-state index is -0.413. The smallest absolute Gasteiger partial charge is 0.0774 e. The van der Waals surface area contributed by atoms with Crippen molar-refractivity contribution in [1.82, 2.24) is 9.80 Å². The van der Waals surface area contributed by atoms with Crippen LogP contribution in [0.4, 0.5) is 0 Å². The quantitative estimate of drug-likeness (QED) is 0.730. The third-order valence-corrected chi connectivity index (χ3v) is 5.19. The molecule has 124 valence electrons. The van der Waals surface area contributed by atoms with Crippen LogP contribution in [0.1, 0.15) is 52.4 Å². The van der Waals surface area contributed by atoms with Crippen molar-refractivity contribution in [3.63, 3.8) is 0 Å². The van der Waals surface area contributed by atoms with Gasteiger partial charge in [-0.05, 0) is 26.2 Å². The number of piperazine rings is 1. The zero-order chi connectivity index (χ0) is 15.1. The Bertz CT molecular complexity index is 293. The molecule has 2 aliphatic rings. The van der Waals surface area contributed by atoms with Crippen molar-refractivity contribution in [1.29, 1.82) is 0 Å². The molecule has 2 fully saturated rings. The molecule has 0 bridgehead atoms. The summed E-state index contributed by atoms with van der Waals surface area (Å²) in [4.78, 5) is 5.06. The van der Waals surface area contributed by atoms with Crippen molar-refractivity contribution in [2.24, 2.45) is 0 Å². The molecule has 1 N–H and O–H groups in total. The highest BCUT2D eigenvalue weighted by atomic mass is 16.5. The summed E-state index contributed by atoms with van der Waals surface area (Å²) in [6.45, 7) is 11.2. The second kappa shape index (κ2) is 8.47. The molecule has 1 aliphatic heterocycles. The molecule has 4 nitrogen and oxygen atoms in total. The van der Waals surface area contributed by atoms with E-state index in [0.29, 0.717) is 6.04 Å². The van der Waals surface area contributed by atoms with Gasteiger partial charge in [-0.3, -0.25) is 9.80 Å². The summed E-state index contributed by atoms with van der Waals surface area (Å²) in [6.07, 6.45) is 6.86. The second-order valence-corrected chi connectivity index (χ2v) is 6.82. The van der Waals surface area contributed by atoms with E-state index in [1.165, 1.54) is 25.7 Å². The maximum absolute atomic E-state index is 10.7. The van der Waals surface area contributed by atoms with Crippen LogP contribution in [0.25, 0.3) is 0 Å². The van der Waals surface area contributed by atoms with Crippen LogP contribution >= 0.6 is 0 Å². The standard InChI is InChI=1S/C17H34N2O2/c1-3-16-14-18(10-11-19(16)12-13-21-4-2)15-17(20)8-6-5-7-9-17/h16,20H,3-15H2,1-2H3/t16-/m0/s1. The Hall–Kier alpha value is -0.160. The van der Waals surface area contributed by atoms with Crippen LogP contribution in [0.2, 0.25) is 0 Å². The molecular weight excluding hydrogens is 264 g/mol. The van der Waals surface area contributed by atoms with Gasteiger partial charge in [0.05, 0.1) is 12.2 Å². The Kier molecular flexibility index (Phi) is 6.93. The van der Waals surface area contributed by atoms with Gasteiger partial charge in [0.1, 0.15) is 0 Å². The molecule has 1 saturated heterocycles. The molecule has 1 aliphatic carbocycles. The second-order valence-electron chi connectivity index (χ2n) is 6.82. The number of hydrogen-bond acceptors (Lipinski definition) is 4. The molecule has 0 unspecified atom stereocenters. The third kappa shape index (κ3) is 5.20. The third-order valence-electron chi connectivity index (χ3n) is 5.19. The lowest BCUT2D eigenvalue weighted by Gasteiger charge is -2.44. The Morgan fingerprint density at radius 2 is 1.90 bits per heavy atom. The summed E-state index contributed by atoms with van der Waals surface area (Å²) in [7, 11) is 0. The Morgan fingerprint density at radius 3 is 2.57 bits per heavy atom. The largest absolute Gasteiger partial charge is 0.389 e. The number of β-amino-alcohol motifs (C(OH)–C–C–N with tert-alkyl or cyclic N) is 1. The molecule has 0 aromatic heterocycles. The zero-order valence-corrected chi connectivity index (χ0v) is 14.0. The van der Waals surface area contributed by atoms with Gasteiger partial charge in [0.25, 0.3) is 0 Å². The lowest BCUT2D eigenvalue weighted by Crippen LogP contribution is -2.57. The molecule has 0 aromatic rings. The number of nitrogens with zero attached hydrogens (tertiary/aromatic N) is 2. The number of ether oxygens (including phenoxy) is 1. The van der Waals surface area contributed by atoms with Crippen molar-refractivity contribution < 1.29 is 9.84 Å². The molecule has 0 aromatic carbocycles. The lowest BCUT2D eigenvalue weighted by molar-refractivity contribution is -0.0465. The summed E-state index contributed by atoms with van der Waals surface area (Å²) < 4.78 is 5.50. The van der Waals surface area contributed by atoms with E-state index in [2.05, 4.69) is 23.6 Å². The summed E-state index contributed by atoms with van der Waals surface area (Å²) in [6, 6.07) is 0.617. The van der Waals surface area contributed by atoms with Crippen LogP contribution in [0, 0.1) is 0 Å². The first-order valence-corrected chi connectivity index (χ1v) is 8.93. The Balaban J connectivity index is 1.79. The van der Waals surface area contributed by atoms with Crippen molar-refractivity contribution in [2.75, 3.05) is 45.9 Å². The van der Waals surface area contributed by atoms with Crippen molar-refractivity contribution >= 4 is 0 Å². The average Bonchev–Trinajstić information content (AvgIpc) is 2.49. The molecule has 0 radical (unpaired) electrons. The van der Waals surface area contributed by atoms with Gasteiger partial charge in [0.2, 0.25) is 0 Å². The van der Waals surface area contributed by atoms with Crippen molar-refractivity contribution in [3.8, 4) is 0 Å². The van der Waals surface area contributed by atoms with Crippen LogP contribution in [0.5, 0.6) is 0 Å². The van der Waals surface area contributed by atoms with Gasteiger partial charge in [0.15, 0.2) is 0 Å². The first kappa shape index (κ1) is 17.2. The van der Waals surface area contributed by atoms with E-state index in [9.17, 15) is 5.11 Å². The highest BCUT2D eigenvalue weighted by Gasteiger charge is 2.34. The molecule has 21 heavy (non-hydrogen) atoms. The maximum Gasteiger partial charge on any atom is 0.0774 e. The molecule has 1 saturated carbocycles. The summed E-state index contributed by atoms with van der Waals surface area (Å²) in [5.41, 5.74) is -0.413. The fourth-order valence-corrected chi connectivity index (χ4v) is 3.89. The normalized spacial score (nSPS) is 27.9. The minimum absolute atomic E-state index is 0.413. The van der Waals surface area contributed by atoms with Gasteiger partial charge in [-0.1, -0.05) is 26.2 Å². The Labute approximate surface area is 130 Å². The van der Waals surface area contributed by atoms with E-state index in [4.69, 9.17) is 4.74 Å². The summed E-state index contributed by atoms with van der Waals surface area (Å²) in [5.74, 6) is 0. The lowest BCUT2D eigenvalue weighted by atomic mass is 9.84.